The fourth-order valence-electron chi connectivity index (χ4n) is 1.25. The summed E-state index contributed by atoms with van der Waals surface area (Å²) in [6.07, 6.45) is 1.44. The normalized spacial score (nSPS) is 9.44. The second kappa shape index (κ2) is 6.86. The summed E-state index contributed by atoms with van der Waals surface area (Å²) in [4.78, 5) is 0. The fourth-order valence-corrected chi connectivity index (χ4v) is 1.25. The van der Waals surface area contributed by atoms with Crippen molar-refractivity contribution in [1.29, 1.82) is 0 Å². The topological polar surface area (TPSA) is 35.2 Å². The Morgan fingerprint density at radius 3 is 2.88 bits per heavy atom. The summed E-state index contributed by atoms with van der Waals surface area (Å²) < 4.78 is 18.9. The number of nitrogens with two attached hydrogens (primary N) is 1. The van der Waals surface area contributed by atoms with Crippen LogP contribution in [0.25, 0.3) is 0 Å². The van der Waals surface area contributed by atoms with E-state index in [-0.39, 0.29) is 18.1 Å². The van der Waals surface area contributed by atoms with E-state index in [1.165, 1.54) is 0 Å². The first-order valence-corrected chi connectivity index (χ1v) is 5.35. The van der Waals surface area contributed by atoms with Crippen LogP contribution in [0.15, 0.2) is 18.2 Å². The van der Waals surface area contributed by atoms with Gasteiger partial charge in [0.1, 0.15) is 0 Å². The van der Waals surface area contributed by atoms with Gasteiger partial charge < -0.3 is 10.5 Å². The minimum absolute atomic E-state index is 0.179. The predicted molar refractivity (Wildman–Crippen MR) is 62.5 cm³/mol. The van der Waals surface area contributed by atoms with Crippen LogP contribution in [0, 0.1) is 17.7 Å². The Morgan fingerprint density at radius 1 is 1.38 bits per heavy atom. The maximum absolute atomic E-state index is 13.6. The maximum Gasteiger partial charge on any atom is 0.169 e. The maximum atomic E-state index is 13.6. The fraction of sp³-hybridized carbons (Fsp3) is 0.385. The Hall–Kier alpha value is -1.53. The van der Waals surface area contributed by atoms with E-state index < -0.39 is 0 Å². The second-order valence-corrected chi connectivity index (χ2v) is 3.24. The third-order valence-corrected chi connectivity index (χ3v) is 2.05. The van der Waals surface area contributed by atoms with Gasteiger partial charge in [0.05, 0.1) is 6.61 Å². The average Bonchev–Trinajstić information content (AvgIpc) is 2.31. The lowest BCUT2D eigenvalue weighted by Crippen LogP contribution is -2.03. The van der Waals surface area contributed by atoms with Crippen molar-refractivity contribution in [3.8, 4) is 17.6 Å². The molecule has 0 aromatic heterocycles. The van der Waals surface area contributed by atoms with Gasteiger partial charge in [0.25, 0.3) is 0 Å². The van der Waals surface area contributed by atoms with E-state index in [1.54, 1.807) is 18.2 Å². The Kier molecular flexibility index (Phi) is 5.38. The van der Waals surface area contributed by atoms with Gasteiger partial charge in [0.2, 0.25) is 0 Å². The highest BCUT2D eigenvalue weighted by Gasteiger charge is 2.06. The lowest BCUT2D eigenvalue weighted by molar-refractivity contribution is 0.309. The molecule has 86 valence electrons. The number of hydrogen-bond donors (Lipinski definition) is 1. The summed E-state index contributed by atoms with van der Waals surface area (Å²) in [6, 6.07) is 4.99. The van der Waals surface area contributed by atoms with E-state index in [9.17, 15) is 4.39 Å². The second-order valence-electron chi connectivity index (χ2n) is 3.24. The van der Waals surface area contributed by atoms with Crippen molar-refractivity contribution in [2.75, 3.05) is 6.61 Å². The molecule has 0 spiro atoms. The Balaban J connectivity index is 2.54. The van der Waals surface area contributed by atoms with Gasteiger partial charge in [-0.15, -0.1) is 5.92 Å². The molecule has 0 aliphatic heterocycles. The van der Waals surface area contributed by atoms with Crippen molar-refractivity contribution in [3.63, 3.8) is 0 Å². The quantitative estimate of drug-likeness (QED) is 0.626. The molecule has 0 saturated carbocycles. The van der Waals surface area contributed by atoms with Crippen molar-refractivity contribution >= 4 is 0 Å². The molecule has 0 amide bonds. The zero-order valence-electron chi connectivity index (χ0n) is 9.42. The van der Waals surface area contributed by atoms with Crippen molar-refractivity contribution < 1.29 is 9.13 Å². The smallest absolute Gasteiger partial charge is 0.169 e. The van der Waals surface area contributed by atoms with Gasteiger partial charge in [0.15, 0.2) is 11.6 Å². The minimum Gasteiger partial charge on any atom is -0.490 e. The number of benzene rings is 1. The lowest BCUT2D eigenvalue weighted by Gasteiger charge is -2.07. The summed E-state index contributed by atoms with van der Waals surface area (Å²) in [5.41, 5.74) is 5.87. The van der Waals surface area contributed by atoms with Crippen LogP contribution in [0.4, 0.5) is 4.39 Å². The van der Waals surface area contributed by atoms with E-state index in [4.69, 9.17) is 10.5 Å². The molecule has 3 heteroatoms. The van der Waals surface area contributed by atoms with Gasteiger partial charge >= 0.3 is 0 Å². The SMILES string of the molecule is CCC#CCCOc1cccc(CN)c1F. The van der Waals surface area contributed by atoms with Crippen molar-refractivity contribution in [3.05, 3.63) is 29.6 Å². The Labute approximate surface area is 95.6 Å². The predicted octanol–water partition coefficient (Wildman–Crippen LogP) is 2.47. The van der Waals surface area contributed by atoms with E-state index >= 15 is 0 Å². The summed E-state index contributed by atoms with van der Waals surface area (Å²) in [5, 5.41) is 0. The first-order chi connectivity index (χ1) is 7.79. The lowest BCUT2D eigenvalue weighted by atomic mass is 10.2. The van der Waals surface area contributed by atoms with Crippen LogP contribution in [0.3, 0.4) is 0 Å². The van der Waals surface area contributed by atoms with E-state index in [0.717, 1.165) is 6.42 Å². The van der Waals surface area contributed by atoms with Gasteiger partial charge in [-0.2, -0.15) is 0 Å². The van der Waals surface area contributed by atoms with Gasteiger partial charge in [0, 0.05) is 24.9 Å². The van der Waals surface area contributed by atoms with Gasteiger partial charge in [-0.1, -0.05) is 25.0 Å². The standard InChI is InChI=1S/C13H16FNO/c1-2-3-4-5-9-16-12-8-6-7-11(10-15)13(12)14/h6-8H,2,5,9-10,15H2,1H3. The largest absolute Gasteiger partial charge is 0.490 e. The molecule has 16 heavy (non-hydrogen) atoms. The van der Waals surface area contributed by atoms with Crippen LogP contribution in [-0.2, 0) is 6.54 Å². The molecule has 2 N–H and O–H groups in total. The van der Waals surface area contributed by atoms with Crippen LogP contribution in [0.1, 0.15) is 25.3 Å². The van der Waals surface area contributed by atoms with Gasteiger partial charge in [-0.05, 0) is 6.07 Å². The van der Waals surface area contributed by atoms with E-state index in [2.05, 4.69) is 11.8 Å². The molecule has 0 fully saturated rings. The van der Waals surface area contributed by atoms with Crippen LogP contribution >= 0.6 is 0 Å². The zero-order chi connectivity index (χ0) is 11.8. The minimum atomic E-state index is -0.367. The first-order valence-electron chi connectivity index (χ1n) is 5.35. The molecule has 0 heterocycles. The third-order valence-electron chi connectivity index (χ3n) is 2.05. The molecule has 1 aromatic rings. The summed E-state index contributed by atoms with van der Waals surface area (Å²) in [7, 11) is 0. The summed E-state index contributed by atoms with van der Waals surface area (Å²) >= 11 is 0. The molecular weight excluding hydrogens is 205 g/mol. The molecule has 0 aliphatic rings. The molecule has 0 atom stereocenters. The summed E-state index contributed by atoms with van der Waals surface area (Å²) in [5.74, 6) is 5.74. The third kappa shape index (κ3) is 3.56. The average molecular weight is 221 g/mol. The monoisotopic (exact) mass is 221 g/mol. The van der Waals surface area contributed by atoms with Crippen LogP contribution in [-0.4, -0.2) is 6.61 Å². The van der Waals surface area contributed by atoms with Crippen molar-refractivity contribution in [1.82, 2.24) is 0 Å². The molecular formula is C13H16FNO. The first kappa shape index (κ1) is 12.5. The van der Waals surface area contributed by atoms with E-state index in [1.807, 2.05) is 6.92 Å². The molecule has 0 bridgehead atoms. The summed E-state index contributed by atoms with van der Waals surface area (Å²) in [6.45, 7) is 2.56. The zero-order valence-corrected chi connectivity index (χ0v) is 9.42. The van der Waals surface area contributed by atoms with Gasteiger partial charge in [-0.25, -0.2) is 4.39 Å². The highest BCUT2D eigenvalue weighted by molar-refractivity contribution is 5.30. The van der Waals surface area contributed by atoms with Crippen molar-refractivity contribution in [2.45, 2.75) is 26.3 Å². The number of halogens is 1. The highest BCUT2D eigenvalue weighted by Crippen LogP contribution is 2.19. The highest BCUT2D eigenvalue weighted by atomic mass is 19.1. The Morgan fingerprint density at radius 2 is 2.19 bits per heavy atom. The number of rotatable bonds is 4. The molecule has 1 rings (SSSR count). The Bertz CT molecular complexity index is 393. The molecule has 2 nitrogen and oxygen atoms in total. The van der Waals surface area contributed by atoms with Crippen LogP contribution in [0.5, 0.6) is 5.75 Å². The molecule has 0 radical (unpaired) electrons. The molecule has 0 unspecified atom stereocenters. The number of ether oxygens (including phenoxy) is 1. The molecule has 1 aromatic carbocycles. The van der Waals surface area contributed by atoms with E-state index in [0.29, 0.717) is 18.6 Å². The van der Waals surface area contributed by atoms with Crippen LogP contribution < -0.4 is 10.5 Å². The molecule has 0 saturated heterocycles. The van der Waals surface area contributed by atoms with Crippen LogP contribution in [0.2, 0.25) is 0 Å². The number of hydrogen-bond acceptors (Lipinski definition) is 2. The molecule has 0 aliphatic carbocycles. The van der Waals surface area contributed by atoms with Gasteiger partial charge in [-0.3, -0.25) is 0 Å². The van der Waals surface area contributed by atoms with Crippen molar-refractivity contribution in [2.24, 2.45) is 5.73 Å².